The molecule has 0 aliphatic carbocycles. The normalized spacial score (nSPS) is 11.5. The lowest BCUT2D eigenvalue weighted by Crippen LogP contribution is -2.38. The van der Waals surface area contributed by atoms with Crippen LogP contribution in [-0.2, 0) is 0 Å². The van der Waals surface area contributed by atoms with Crippen LogP contribution in [0.25, 0.3) is 0 Å². The van der Waals surface area contributed by atoms with E-state index in [4.69, 9.17) is 0 Å². The number of nitrogens with one attached hydrogen (secondary N) is 3. The number of aromatic amines is 1. The quantitative estimate of drug-likeness (QED) is 0.757. The molecule has 0 radical (unpaired) electrons. The zero-order valence-electron chi connectivity index (χ0n) is 10.2. The molecule has 3 N–H and O–H groups in total. The van der Waals surface area contributed by atoms with Crippen molar-refractivity contribution in [2.75, 3.05) is 13.1 Å². The van der Waals surface area contributed by atoms with E-state index in [1.807, 2.05) is 13.8 Å². The van der Waals surface area contributed by atoms with Crippen molar-refractivity contribution in [2.24, 2.45) is 0 Å². The number of hydrogen-bond donors (Lipinski definition) is 3. The maximum absolute atomic E-state index is 11.7. The fraction of sp³-hybridized carbons (Fsp3) is 0.455. The predicted molar refractivity (Wildman–Crippen MR) is 77.5 cm³/mol. The van der Waals surface area contributed by atoms with Gasteiger partial charge in [0, 0.05) is 18.8 Å². The Morgan fingerprint density at radius 3 is 2.78 bits per heavy atom. The second kappa shape index (κ2) is 8.29. The summed E-state index contributed by atoms with van der Waals surface area (Å²) in [7, 11) is 0. The van der Waals surface area contributed by atoms with Crippen LogP contribution in [0.3, 0.4) is 0 Å². The molecule has 1 aromatic rings. The minimum Gasteiger partial charge on any atom is -0.350 e. The number of carbonyl (C=O) groups is 1. The summed E-state index contributed by atoms with van der Waals surface area (Å²) in [5.74, 6) is -0.202. The van der Waals surface area contributed by atoms with Gasteiger partial charge in [-0.05, 0) is 35.5 Å². The van der Waals surface area contributed by atoms with Crippen LogP contribution < -0.4 is 16.2 Å². The molecular weight excluding hydrogens is 321 g/mol. The van der Waals surface area contributed by atoms with Crippen molar-refractivity contribution < 1.29 is 4.79 Å². The molecule has 1 aromatic heterocycles. The average Bonchev–Trinajstić information content (AvgIpc) is 2.30. The number of hydrogen-bond acceptors (Lipinski definition) is 3. The van der Waals surface area contributed by atoms with E-state index >= 15 is 0 Å². The molecule has 1 atom stereocenters. The van der Waals surface area contributed by atoms with Crippen molar-refractivity contribution in [2.45, 2.75) is 19.9 Å². The SMILES string of the molecule is CCN[C@H](C)CNC(=O)c1c[nH]c(=O)c(Br)c1.Cl. The van der Waals surface area contributed by atoms with Crippen LogP contribution in [-0.4, -0.2) is 30.0 Å². The van der Waals surface area contributed by atoms with Crippen LogP contribution in [0, 0.1) is 0 Å². The molecule has 0 aromatic carbocycles. The van der Waals surface area contributed by atoms with Gasteiger partial charge in [-0.1, -0.05) is 6.92 Å². The maximum Gasteiger partial charge on any atom is 0.262 e. The molecule has 0 aliphatic heterocycles. The van der Waals surface area contributed by atoms with Crippen molar-refractivity contribution >= 4 is 34.2 Å². The lowest BCUT2D eigenvalue weighted by molar-refractivity contribution is 0.0950. The zero-order valence-corrected chi connectivity index (χ0v) is 12.7. The Morgan fingerprint density at radius 2 is 2.22 bits per heavy atom. The van der Waals surface area contributed by atoms with Crippen LogP contribution in [0.15, 0.2) is 21.5 Å². The van der Waals surface area contributed by atoms with Gasteiger partial charge in [-0.3, -0.25) is 9.59 Å². The largest absolute Gasteiger partial charge is 0.350 e. The molecule has 7 heteroatoms. The second-order valence-electron chi connectivity index (χ2n) is 3.73. The molecule has 0 spiro atoms. The number of pyridine rings is 1. The van der Waals surface area contributed by atoms with E-state index in [0.717, 1.165) is 6.54 Å². The van der Waals surface area contributed by atoms with Crippen molar-refractivity contribution in [3.8, 4) is 0 Å². The first-order valence-corrected chi connectivity index (χ1v) is 6.23. The molecule has 0 fully saturated rings. The van der Waals surface area contributed by atoms with Gasteiger partial charge in [0.25, 0.3) is 11.5 Å². The van der Waals surface area contributed by atoms with Gasteiger partial charge in [0.1, 0.15) is 0 Å². The van der Waals surface area contributed by atoms with Gasteiger partial charge in [-0.2, -0.15) is 0 Å². The van der Waals surface area contributed by atoms with Gasteiger partial charge in [-0.25, -0.2) is 0 Å². The molecule has 102 valence electrons. The maximum atomic E-state index is 11.7. The third kappa shape index (κ3) is 5.20. The molecule has 1 rings (SSSR count). The van der Waals surface area contributed by atoms with Crippen LogP contribution in [0.5, 0.6) is 0 Å². The van der Waals surface area contributed by atoms with Crippen molar-refractivity contribution in [1.29, 1.82) is 0 Å². The highest BCUT2D eigenvalue weighted by molar-refractivity contribution is 9.10. The van der Waals surface area contributed by atoms with Gasteiger partial charge < -0.3 is 15.6 Å². The summed E-state index contributed by atoms with van der Waals surface area (Å²) < 4.78 is 0.352. The Balaban J connectivity index is 0.00000289. The van der Waals surface area contributed by atoms with E-state index in [1.165, 1.54) is 12.3 Å². The zero-order chi connectivity index (χ0) is 12.8. The fourth-order valence-electron chi connectivity index (χ4n) is 1.36. The topological polar surface area (TPSA) is 74.0 Å². The standard InChI is InChI=1S/C11H16BrN3O2.ClH/c1-3-13-7(2)5-14-10(16)8-4-9(12)11(17)15-6-8;/h4,6-7,13H,3,5H2,1-2H3,(H,14,16)(H,15,17);1H/t7-;/m1./s1. The third-order valence-electron chi connectivity index (χ3n) is 2.24. The lowest BCUT2D eigenvalue weighted by Gasteiger charge is -2.13. The van der Waals surface area contributed by atoms with Gasteiger partial charge in [-0.15, -0.1) is 12.4 Å². The molecule has 0 unspecified atom stereocenters. The van der Waals surface area contributed by atoms with Crippen LogP contribution in [0.4, 0.5) is 0 Å². The number of rotatable bonds is 5. The van der Waals surface area contributed by atoms with Crippen LogP contribution in [0.2, 0.25) is 0 Å². The predicted octanol–water partition coefficient (Wildman–Crippen LogP) is 1.29. The summed E-state index contributed by atoms with van der Waals surface area (Å²) in [5, 5.41) is 5.98. The summed E-state index contributed by atoms with van der Waals surface area (Å²) >= 11 is 3.08. The van der Waals surface area contributed by atoms with E-state index in [1.54, 1.807) is 0 Å². The van der Waals surface area contributed by atoms with E-state index in [-0.39, 0.29) is 29.9 Å². The molecule has 5 nitrogen and oxygen atoms in total. The van der Waals surface area contributed by atoms with Gasteiger partial charge in [0.2, 0.25) is 0 Å². The van der Waals surface area contributed by atoms with Crippen molar-refractivity contribution in [3.63, 3.8) is 0 Å². The minimum absolute atomic E-state index is 0. The fourth-order valence-corrected chi connectivity index (χ4v) is 1.72. The van der Waals surface area contributed by atoms with Gasteiger partial charge >= 0.3 is 0 Å². The Labute approximate surface area is 120 Å². The Hall–Kier alpha value is -0.850. The number of aromatic nitrogens is 1. The van der Waals surface area contributed by atoms with Crippen molar-refractivity contribution in [1.82, 2.24) is 15.6 Å². The van der Waals surface area contributed by atoms with Crippen LogP contribution in [0.1, 0.15) is 24.2 Å². The minimum atomic E-state index is -0.248. The third-order valence-corrected chi connectivity index (χ3v) is 2.83. The molecule has 0 aliphatic rings. The summed E-state index contributed by atoms with van der Waals surface area (Å²) in [6, 6.07) is 1.72. The van der Waals surface area contributed by atoms with Crippen LogP contribution >= 0.6 is 28.3 Å². The van der Waals surface area contributed by atoms with E-state index in [0.29, 0.717) is 16.6 Å². The molecular formula is C11H17BrClN3O2. The highest BCUT2D eigenvalue weighted by atomic mass is 79.9. The van der Waals surface area contributed by atoms with E-state index < -0.39 is 0 Å². The summed E-state index contributed by atoms with van der Waals surface area (Å²) in [6.45, 7) is 5.41. The lowest BCUT2D eigenvalue weighted by atomic mass is 10.2. The molecule has 1 amide bonds. The number of amides is 1. The second-order valence-corrected chi connectivity index (χ2v) is 4.59. The first-order valence-electron chi connectivity index (χ1n) is 5.44. The average molecular weight is 339 g/mol. The summed E-state index contributed by atoms with van der Waals surface area (Å²) in [5.41, 5.74) is 0.183. The smallest absolute Gasteiger partial charge is 0.262 e. The number of likely N-dealkylation sites (N-methyl/N-ethyl adjacent to an activating group) is 1. The van der Waals surface area contributed by atoms with Gasteiger partial charge in [0.05, 0.1) is 10.0 Å². The highest BCUT2D eigenvalue weighted by Gasteiger charge is 2.08. The van der Waals surface area contributed by atoms with Crippen molar-refractivity contribution in [3.05, 3.63) is 32.7 Å². The Kier molecular flexibility index (Phi) is 7.90. The molecule has 1 heterocycles. The number of H-pyrrole nitrogens is 1. The number of halogens is 2. The Morgan fingerprint density at radius 1 is 1.56 bits per heavy atom. The monoisotopic (exact) mass is 337 g/mol. The molecule has 0 saturated heterocycles. The molecule has 0 bridgehead atoms. The molecule has 0 saturated carbocycles. The summed E-state index contributed by atoms with van der Waals surface area (Å²) in [6.07, 6.45) is 1.40. The molecule has 18 heavy (non-hydrogen) atoms. The first kappa shape index (κ1) is 17.2. The van der Waals surface area contributed by atoms with Gasteiger partial charge in [0.15, 0.2) is 0 Å². The first-order chi connectivity index (χ1) is 8.04. The van der Waals surface area contributed by atoms with E-state index in [9.17, 15) is 9.59 Å². The Bertz CT molecular complexity index is 450. The number of carbonyl (C=O) groups excluding carboxylic acids is 1. The highest BCUT2D eigenvalue weighted by Crippen LogP contribution is 2.04. The van der Waals surface area contributed by atoms with E-state index in [2.05, 4.69) is 31.5 Å². The summed E-state index contributed by atoms with van der Waals surface area (Å²) in [4.78, 5) is 25.3.